The number of nitrogens with zero attached hydrogens (tertiary/aromatic N) is 2. The van der Waals surface area contributed by atoms with Crippen LogP contribution in [0.4, 0.5) is 11.5 Å². The van der Waals surface area contributed by atoms with Crippen LogP contribution in [-0.2, 0) is 6.54 Å². The van der Waals surface area contributed by atoms with Gasteiger partial charge in [-0.1, -0.05) is 42.0 Å². The van der Waals surface area contributed by atoms with E-state index in [4.69, 9.17) is 4.74 Å². The van der Waals surface area contributed by atoms with E-state index in [1.54, 1.807) is 31.4 Å². The monoisotopic (exact) mass is 348 g/mol. The first-order valence-corrected chi connectivity index (χ1v) is 8.23. The molecule has 0 radical (unpaired) electrons. The minimum absolute atomic E-state index is 0.233. The number of anilines is 2. The third-order valence-corrected chi connectivity index (χ3v) is 3.85. The Morgan fingerprint density at radius 3 is 2.46 bits per heavy atom. The number of aryl methyl sites for hydroxylation is 1. The Balaban J connectivity index is 1.61. The normalized spacial score (nSPS) is 10.2. The Labute approximate surface area is 152 Å². The smallest absolute Gasteiger partial charge is 0.276 e. The highest BCUT2D eigenvalue weighted by atomic mass is 16.5. The number of hydrogen-bond donors (Lipinski definition) is 2. The quantitative estimate of drug-likeness (QED) is 0.711. The van der Waals surface area contributed by atoms with Gasteiger partial charge in [0.25, 0.3) is 5.91 Å². The van der Waals surface area contributed by atoms with Gasteiger partial charge in [-0.15, -0.1) is 10.2 Å². The Hall–Kier alpha value is -3.41. The number of carbonyl (C=O) groups is 1. The summed E-state index contributed by atoms with van der Waals surface area (Å²) in [5.74, 6) is 0.858. The molecule has 2 N–H and O–H groups in total. The summed E-state index contributed by atoms with van der Waals surface area (Å²) in [5, 5.41) is 14.0. The van der Waals surface area contributed by atoms with E-state index in [2.05, 4.69) is 52.0 Å². The van der Waals surface area contributed by atoms with Crippen LogP contribution in [0.1, 0.15) is 21.6 Å². The van der Waals surface area contributed by atoms with Crippen LogP contribution in [0.15, 0.2) is 60.7 Å². The fraction of sp³-hybridized carbons (Fsp3) is 0.150. The van der Waals surface area contributed by atoms with Crippen LogP contribution >= 0.6 is 0 Å². The molecule has 2 aromatic carbocycles. The molecule has 0 bridgehead atoms. The third-order valence-electron chi connectivity index (χ3n) is 3.85. The minimum atomic E-state index is -0.341. The molecule has 6 nitrogen and oxygen atoms in total. The van der Waals surface area contributed by atoms with E-state index in [1.807, 2.05) is 12.1 Å². The van der Waals surface area contributed by atoms with Gasteiger partial charge in [0, 0.05) is 6.54 Å². The van der Waals surface area contributed by atoms with E-state index in [-0.39, 0.29) is 11.6 Å². The third kappa shape index (κ3) is 4.36. The molecule has 3 rings (SSSR count). The topological polar surface area (TPSA) is 76.1 Å². The summed E-state index contributed by atoms with van der Waals surface area (Å²) in [6.07, 6.45) is 0. The molecule has 132 valence electrons. The van der Waals surface area contributed by atoms with Crippen LogP contribution in [0.3, 0.4) is 0 Å². The van der Waals surface area contributed by atoms with E-state index in [0.29, 0.717) is 23.8 Å². The number of benzene rings is 2. The second-order valence-electron chi connectivity index (χ2n) is 5.80. The molecule has 6 heteroatoms. The lowest BCUT2D eigenvalue weighted by Gasteiger charge is -2.09. The number of amides is 1. The van der Waals surface area contributed by atoms with Crippen molar-refractivity contribution in [1.29, 1.82) is 0 Å². The Kier molecular flexibility index (Phi) is 5.43. The lowest BCUT2D eigenvalue weighted by atomic mass is 10.1. The summed E-state index contributed by atoms with van der Waals surface area (Å²) < 4.78 is 5.22. The first kappa shape index (κ1) is 17.4. The number of nitrogens with one attached hydrogen (secondary N) is 2. The van der Waals surface area contributed by atoms with Crippen LogP contribution in [0.2, 0.25) is 0 Å². The number of para-hydroxylation sites is 2. The summed E-state index contributed by atoms with van der Waals surface area (Å²) in [5.41, 5.74) is 3.19. The van der Waals surface area contributed by atoms with Crippen molar-refractivity contribution in [2.24, 2.45) is 0 Å². The molecular formula is C20H20N4O2. The van der Waals surface area contributed by atoms with Gasteiger partial charge in [0.1, 0.15) is 11.6 Å². The lowest BCUT2D eigenvalue weighted by molar-refractivity contribution is 0.102. The number of aromatic nitrogens is 2. The van der Waals surface area contributed by atoms with Crippen molar-refractivity contribution in [2.75, 3.05) is 17.7 Å². The highest BCUT2D eigenvalue weighted by Gasteiger charge is 2.11. The van der Waals surface area contributed by atoms with Crippen molar-refractivity contribution in [3.05, 3.63) is 77.5 Å². The molecular weight excluding hydrogens is 328 g/mol. The van der Waals surface area contributed by atoms with Gasteiger partial charge in [-0.2, -0.15) is 0 Å². The maximum atomic E-state index is 12.3. The first-order chi connectivity index (χ1) is 12.7. The van der Waals surface area contributed by atoms with Crippen molar-refractivity contribution in [1.82, 2.24) is 10.2 Å². The van der Waals surface area contributed by atoms with Gasteiger partial charge < -0.3 is 15.4 Å². The molecule has 0 fully saturated rings. The van der Waals surface area contributed by atoms with Crippen LogP contribution < -0.4 is 15.4 Å². The molecule has 1 amide bonds. The van der Waals surface area contributed by atoms with E-state index < -0.39 is 0 Å². The van der Waals surface area contributed by atoms with Gasteiger partial charge in [0.2, 0.25) is 0 Å². The van der Waals surface area contributed by atoms with Crippen molar-refractivity contribution in [3.63, 3.8) is 0 Å². The Morgan fingerprint density at radius 1 is 1.00 bits per heavy atom. The zero-order chi connectivity index (χ0) is 18.4. The predicted octanol–water partition coefficient (Wildman–Crippen LogP) is 3.66. The van der Waals surface area contributed by atoms with Crippen LogP contribution in [0.5, 0.6) is 5.75 Å². The average Bonchev–Trinajstić information content (AvgIpc) is 2.68. The standard InChI is InChI=1S/C20H20N4O2/c1-14-7-9-15(10-8-14)13-21-19-12-11-17(23-24-19)20(25)22-16-5-3-4-6-18(16)26-2/h3-12H,13H2,1-2H3,(H,21,24)(H,22,25). The van der Waals surface area contributed by atoms with Crippen LogP contribution in [-0.4, -0.2) is 23.2 Å². The lowest BCUT2D eigenvalue weighted by Crippen LogP contribution is -2.15. The summed E-state index contributed by atoms with van der Waals surface area (Å²) in [4.78, 5) is 12.3. The van der Waals surface area contributed by atoms with E-state index >= 15 is 0 Å². The maximum absolute atomic E-state index is 12.3. The minimum Gasteiger partial charge on any atom is -0.495 e. The van der Waals surface area contributed by atoms with E-state index in [0.717, 1.165) is 5.56 Å². The number of ether oxygens (including phenoxy) is 1. The zero-order valence-electron chi connectivity index (χ0n) is 14.7. The van der Waals surface area contributed by atoms with Gasteiger partial charge in [0.05, 0.1) is 12.8 Å². The zero-order valence-corrected chi connectivity index (χ0v) is 14.7. The van der Waals surface area contributed by atoms with Crippen molar-refractivity contribution < 1.29 is 9.53 Å². The molecule has 0 saturated carbocycles. The Morgan fingerprint density at radius 2 is 1.77 bits per heavy atom. The highest BCUT2D eigenvalue weighted by molar-refractivity contribution is 6.03. The van der Waals surface area contributed by atoms with E-state index in [1.165, 1.54) is 5.56 Å². The Bertz CT molecular complexity index is 877. The van der Waals surface area contributed by atoms with Crippen molar-refractivity contribution in [2.45, 2.75) is 13.5 Å². The predicted molar refractivity (Wildman–Crippen MR) is 101 cm³/mol. The number of rotatable bonds is 6. The van der Waals surface area contributed by atoms with E-state index in [9.17, 15) is 4.79 Å². The number of hydrogen-bond acceptors (Lipinski definition) is 5. The van der Waals surface area contributed by atoms with Crippen LogP contribution in [0.25, 0.3) is 0 Å². The molecule has 0 aliphatic rings. The van der Waals surface area contributed by atoms with Gasteiger partial charge in [-0.25, -0.2) is 0 Å². The number of methoxy groups -OCH3 is 1. The van der Waals surface area contributed by atoms with Crippen LogP contribution in [0, 0.1) is 6.92 Å². The molecule has 0 aliphatic heterocycles. The number of carbonyl (C=O) groups excluding carboxylic acids is 1. The molecule has 0 aliphatic carbocycles. The largest absolute Gasteiger partial charge is 0.495 e. The summed E-state index contributed by atoms with van der Waals surface area (Å²) >= 11 is 0. The van der Waals surface area contributed by atoms with Gasteiger partial charge in [-0.3, -0.25) is 4.79 Å². The molecule has 0 unspecified atom stereocenters. The second-order valence-corrected chi connectivity index (χ2v) is 5.80. The molecule has 0 saturated heterocycles. The van der Waals surface area contributed by atoms with Crippen molar-refractivity contribution in [3.8, 4) is 5.75 Å². The first-order valence-electron chi connectivity index (χ1n) is 8.23. The summed E-state index contributed by atoms with van der Waals surface area (Å²) in [7, 11) is 1.55. The molecule has 0 spiro atoms. The summed E-state index contributed by atoms with van der Waals surface area (Å²) in [6, 6.07) is 18.8. The average molecular weight is 348 g/mol. The molecule has 3 aromatic rings. The highest BCUT2D eigenvalue weighted by Crippen LogP contribution is 2.23. The fourth-order valence-corrected chi connectivity index (χ4v) is 2.38. The van der Waals surface area contributed by atoms with Gasteiger partial charge in [-0.05, 0) is 36.8 Å². The molecule has 1 aromatic heterocycles. The fourth-order valence-electron chi connectivity index (χ4n) is 2.38. The van der Waals surface area contributed by atoms with Gasteiger partial charge >= 0.3 is 0 Å². The SMILES string of the molecule is COc1ccccc1NC(=O)c1ccc(NCc2ccc(C)cc2)nn1. The summed E-state index contributed by atoms with van der Waals surface area (Å²) in [6.45, 7) is 2.69. The molecule has 26 heavy (non-hydrogen) atoms. The maximum Gasteiger partial charge on any atom is 0.276 e. The molecule has 0 atom stereocenters. The van der Waals surface area contributed by atoms with Crippen molar-refractivity contribution >= 4 is 17.4 Å². The second kappa shape index (κ2) is 8.11. The molecule has 1 heterocycles. The van der Waals surface area contributed by atoms with Gasteiger partial charge in [0.15, 0.2) is 5.69 Å².